The number of carbonyl (C=O) groups is 2. The number of nitro groups is 1. The van der Waals surface area contributed by atoms with Crippen LogP contribution in [0, 0.1) is 16.0 Å². The van der Waals surface area contributed by atoms with Gasteiger partial charge in [0.1, 0.15) is 11.3 Å². The fraction of sp³-hybridized carbons (Fsp3) is 0.385. The number of rotatable bonds is 5. The minimum Gasteiger partial charge on any atom is -0.507 e. The molecule has 2 amide bonds. The monoisotopic (exact) mass is 295 g/mol. The van der Waals surface area contributed by atoms with Crippen LogP contribution in [0.2, 0.25) is 0 Å². The predicted molar refractivity (Wildman–Crippen MR) is 74.7 cm³/mol. The number of hydrogen-bond donors (Lipinski definition) is 3. The average molecular weight is 295 g/mol. The summed E-state index contributed by atoms with van der Waals surface area (Å²) in [6.07, 6.45) is 0. The van der Waals surface area contributed by atoms with Gasteiger partial charge in [-0.2, -0.15) is 0 Å². The second-order valence-corrected chi connectivity index (χ2v) is 5.13. The van der Waals surface area contributed by atoms with Crippen LogP contribution in [-0.2, 0) is 4.79 Å². The highest BCUT2D eigenvalue weighted by Crippen LogP contribution is 2.24. The number of phenols is 1. The van der Waals surface area contributed by atoms with E-state index in [4.69, 9.17) is 5.73 Å². The summed E-state index contributed by atoms with van der Waals surface area (Å²) in [5.41, 5.74) is 3.31. The highest BCUT2D eigenvalue weighted by molar-refractivity contribution is 6.01. The van der Waals surface area contributed by atoms with E-state index in [1.165, 1.54) is 6.92 Å². The van der Waals surface area contributed by atoms with Gasteiger partial charge in [0.2, 0.25) is 5.91 Å². The first-order valence-corrected chi connectivity index (χ1v) is 6.19. The Hall–Kier alpha value is -2.64. The van der Waals surface area contributed by atoms with E-state index in [1.807, 2.05) is 0 Å². The number of nitrogens with two attached hydrogens (primary N) is 1. The molecule has 114 valence electrons. The van der Waals surface area contributed by atoms with Gasteiger partial charge in [-0.3, -0.25) is 19.7 Å². The maximum Gasteiger partial charge on any atom is 0.270 e. The molecule has 0 aromatic heterocycles. The quantitative estimate of drug-likeness (QED) is 0.548. The van der Waals surface area contributed by atoms with Crippen molar-refractivity contribution in [3.63, 3.8) is 0 Å². The van der Waals surface area contributed by atoms with E-state index in [1.54, 1.807) is 13.8 Å². The number of amides is 2. The number of primary amides is 1. The van der Waals surface area contributed by atoms with Gasteiger partial charge < -0.3 is 16.2 Å². The molecule has 0 heterocycles. The zero-order chi connectivity index (χ0) is 16.4. The molecule has 0 radical (unpaired) electrons. The first-order chi connectivity index (χ1) is 9.59. The Labute approximate surface area is 121 Å². The van der Waals surface area contributed by atoms with Gasteiger partial charge in [-0.25, -0.2) is 0 Å². The van der Waals surface area contributed by atoms with Crippen molar-refractivity contribution in [2.75, 3.05) is 0 Å². The Balaban J connectivity index is 3.17. The third kappa shape index (κ3) is 3.28. The van der Waals surface area contributed by atoms with Crippen LogP contribution >= 0.6 is 0 Å². The summed E-state index contributed by atoms with van der Waals surface area (Å²) in [5.74, 6) is -2.28. The van der Waals surface area contributed by atoms with E-state index in [0.29, 0.717) is 0 Å². The van der Waals surface area contributed by atoms with E-state index >= 15 is 0 Å². The molecule has 8 nitrogen and oxygen atoms in total. The standard InChI is InChI=1S/C13H17N3O5/c1-7(2)13(3,12(14)19)15-11(18)9-6-8(16(20)21)4-5-10(9)17/h4-7,17H,1-3H3,(H2,14,19)(H,15,18). The number of benzene rings is 1. The molecule has 8 heteroatoms. The van der Waals surface area contributed by atoms with Gasteiger partial charge in [0.05, 0.1) is 10.5 Å². The smallest absolute Gasteiger partial charge is 0.270 e. The summed E-state index contributed by atoms with van der Waals surface area (Å²) in [6.45, 7) is 4.84. The lowest BCUT2D eigenvalue weighted by Crippen LogP contribution is -2.58. The lowest BCUT2D eigenvalue weighted by molar-refractivity contribution is -0.384. The molecule has 21 heavy (non-hydrogen) atoms. The maximum atomic E-state index is 12.2. The Kier molecular flexibility index (Phi) is 4.52. The van der Waals surface area contributed by atoms with Crippen molar-refractivity contribution in [2.45, 2.75) is 26.3 Å². The lowest BCUT2D eigenvalue weighted by atomic mass is 9.87. The second kappa shape index (κ2) is 5.78. The number of nitro benzene ring substituents is 1. The first-order valence-electron chi connectivity index (χ1n) is 6.19. The number of nitrogens with one attached hydrogen (secondary N) is 1. The third-order valence-corrected chi connectivity index (χ3v) is 3.48. The molecule has 1 rings (SSSR count). The fourth-order valence-electron chi connectivity index (χ4n) is 1.61. The van der Waals surface area contributed by atoms with Crippen LogP contribution in [0.25, 0.3) is 0 Å². The summed E-state index contributed by atoms with van der Waals surface area (Å²) in [7, 11) is 0. The SMILES string of the molecule is CC(C)C(C)(NC(=O)c1cc([N+](=O)[O-])ccc1O)C(N)=O. The van der Waals surface area contributed by atoms with Gasteiger partial charge in [-0.05, 0) is 18.9 Å². The van der Waals surface area contributed by atoms with Crippen molar-refractivity contribution in [3.05, 3.63) is 33.9 Å². The predicted octanol–water partition coefficient (Wildman–Crippen LogP) is 0.930. The van der Waals surface area contributed by atoms with Crippen LogP contribution in [0.4, 0.5) is 5.69 Å². The van der Waals surface area contributed by atoms with Crippen molar-refractivity contribution in [2.24, 2.45) is 11.7 Å². The number of hydrogen-bond acceptors (Lipinski definition) is 5. The van der Waals surface area contributed by atoms with Crippen LogP contribution < -0.4 is 11.1 Å². The molecule has 1 aromatic carbocycles. The highest BCUT2D eigenvalue weighted by atomic mass is 16.6. The molecule has 1 unspecified atom stereocenters. The van der Waals surface area contributed by atoms with Crippen LogP contribution in [0.1, 0.15) is 31.1 Å². The first kappa shape index (κ1) is 16.4. The summed E-state index contributed by atoms with van der Waals surface area (Å²) in [6, 6.07) is 3.05. The number of nitrogens with zero attached hydrogens (tertiary/aromatic N) is 1. The molecule has 4 N–H and O–H groups in total. The summed E-state index contributed by atoms with van der Waals surface area (Å²) < 4.78 is 0. The van der Waals surface area contributed by atoms with E-state index in [2.05, 4.69) is 5.32 Å². The molecule has 0 aliphatic carbocycles. The van der Waals surface area contributed by atoms with Gasteiger partial charge in [-0.1, -0.05) is 13.8 Å². The van der Waals surface area contributed by atoms with E-state index in [0.717, 1.165) is 18.2 Å². The minimum atomic E-state index is -1.34. The van der Waals surface area contributed by atoms with Crippen molar-refractivity contribution in [1.82, 2.24) is 5.32 Å². The van der Waals surface area contributed by atoms with Gasteiger partial charge >= 0.3 is 0 Å². The normalized spacial score (nSPS) is 13.5. The topological polar surface area (TPSA) is 136 Å². The Bertz CT molecular complexity index is 599. The number of carbonyl (C=O) groups excluding carboxylic acids is 2. The Morgan fingerprint density at radius 3 is 2.43 bits per heavy atom. The zero-order valence-electron chi connectivity index (χ0n) is 11.9. The van der Waals surface area contributed by atoms with Crippen LogP contribution in [-0.4, -0.2) is 27.4 Å². The number of phenolic OH excluding ortho intramolecular Hbond substituents is 1. The average Bonchev–Trinajstić information content (AvgIpc) is 2.37. The van der Waals surface area contributed by atoms with Crippen molar-refractivity contribution in [3.8, 4) is 5.75 Å². The molecule has 0 saturated carbocycles. The minimum absolute atomic E-state index is 0.294. The molecule has 0 spiro atoms. The molecular weight excluding hydrogens is 278 g/mol. The van der Waals surface area contributed by atoms with Crippen molar-refractivity contribution >= 4 is 17.5 Å². The number of aromatic hydroxyl groups is 1. The summed E-state index contributed by atoms with van der Waals surface area (Å²) >= 11 is 0. The highest BCUT2D eigenvalue weighted by Gasteiger charge is 2.37. The van der Waals surface area contributed by atoms with Gasteiger partial charge in [0, 0.05) is 12.1 Å². The fourth-order valence-corrected chi connectivity index (χ4v) is 1.61. The summed E-state index contributed by atoms with van der Waals surface area (Å²) in [4.78, 5) is 33.7. The van der Waals surface area contributed by atoms with Crippen molar-refractivity contribution in [1.29, 1.82) is 0 Å². The van der Waals surface area contributed by atoms with Crippen molar-refractivity contribution < 1.29 is 19.6 Å². The lowest BCUT2D eigenvalue weighted by Gasteiger charge is -2.31. The molecule has 0 bridgehead atoms. The molecule has 1 aromatic rings. The second-order valence-electron chi connectivity index (χ2n) is 5.13. The third-order valence-electron chi connectivity index (χ3n) is 3.48. The Morgan fingerprint density at radius 2 is 2.00 bits per heavy atom. The van der Waals surface area contributed by atoms with E-state index in [-0.39, 0.29) is 17.2 Å². The molecule has 0 aliphatic rings. The molecule has 1 atom stereocenters. The van der Waals surface area contributed by atoms with Gasteiger partial charge in [0.25, 0.3) is 11.6 Å². The molecular formula is C13H17N3O5. The summed E-state index contributed by atoms with van der Waals surface area (Å²) in [5, 5.41) is 22.8. The van der Waals surface area contributed by atoms with Gasteiger partial charge in [0.15, 0.2) is 0 Å². The zero-order valence-corrected chi connectivity index (χ0v) is 11.9. The van der Waals surface area contributed by atoms with E-state index < -0.39 is 28.0 Å². The van der Waals surface area contributed by atoms with Crippen LogP contribution in [0.3, 0.4) is 0 Å². The molecule has 0 fully saturated rings. The Morgan fingerprint density at radius 1 is 1.43 bits per heavy atom. The molecule has 0 aliphatic heterocycles. The van der Waals surface area contributed by atoms with Crippen LogP contribution in [0.5, 0.6) is 5.75 Å². The van der Waals surface area contributed by atoms with E-state index in [9.17, 15) is 24.8 Å². The van der Waals surface area contributed by atoms with Gasteiger partial charge in [-0.15, -0.1) is 0 Å². The van der Waals surface area contributed by atoms with Crippen LogP contribution in [0.15, 0.2) is 18.2 Å². The molecule has 0 saturated heterocycles. The maximum absolute atomic E-state index is 12.2. The largest absolute Gasteiger partial charge is 0.507 e. The number of non-ortho nitro benzene ring substituents is 1.